The summed E-state index contributed by atoms with van der Waals surface area (Å²) >= 11 is 0. The minimum absolute atomic E-state index is 0.0951. The Morgan fingerprint density at radius 2 is 1.78 bits per heavy atom. The number of benzene rings is 1. The molecule has 0 heterocycles. The fourth-order valence-corrected chi connectivity index (χ4v) is 1.28. The highest BCUT2D eigenvalue weighted by Crippen LogP contribution is 2.06. The van der Waals surface area contributed by atoms with E-state index in [2.05, 4.69) is 4.74 Å². The summed E-state index contributed by atoms with van der Waals surface area (Å²) in [6, 6.07) is 9.26. The number of hydrogen-bond acceptors (Lipinski definition) is 5. The topological polar surface area (TPSA) is 89.9 Å². The van der Waals surface area contributed by atoms with Crippen molar-refractivity contribution in [2.45, 2.75) is 46.3 Å². The van der Waals surface area contributed by atoms with Gasteiger partial charge in [-0.3, -0.25) is 14.4 Å². The predicted octanol–water partition coefficient (Wildman–Crippen LogP) is 2.80. The van der Waals surface area contributed by atoms with E-state index in [0.29, 0.717) is 6.47 Å². The van der Waals surface area contributed by atoms with Gasteiger partial charge in [0.1, 0.15) is 12.2 Å². The van der Waals surface area contributed by atoms with Crippen molar-refractivity contribution in [3.05, 3.63) is 35.9 Å². The van der Waals surface area contributed by atoms with Crippen LogP contribution in [-0.4, -0.2) is 29.1 Å². The van der Waals surface area contributed by atoms with Gasteiger partial charge in [0.2, 0.25) is 0 Å². The second-order valence-corrected chi connectivity index (χ2v) is 5.92. The molecule has 128 valence electrons. The van der Waals surface area contributed by atoms with E-state index in [9.17, 15) is 14.4 Å². The fraction of sp³-hybridized carbons (Fsp3) is 0.471. The van der Waals surface area contributed by atoms with Crippen molar-refractivity contribution in [1.82, 2.24) is 0 Å². The van der Waals surface area contributed by atoms with Crippen LogP contribution < -0.4 is 0 Å². The number of aliphatic carboxylic acids is 1. The van der Waals surface area contributed by atoms with E-state index in [1.54, 1.807) is 0 Å². The fourth-order valence-electron chi connectivity index (χ4n) is 1.28. The molecule has 0 aliphatic heterocycles. The summed E-state index contributed by atoms with van der Waals surface area (Å²) < 4.78 is 9.50. The van der Waals surface area contributed by atoms with E-state index in [1.807, 2.05) is 51.1 Å². The summed E-state index contributed by atoms with van der Waals surface area (Å²) in [5.41, 5.74) is 0.570. The van der Waals surface area contributed by atoms with Gasteiger partial charge in [-0.15, -0.1) is 0 Å². The van der Waals surface area contributed by atoms with Crippen molar-refractivity contribution in [2.24, 2.45) is 5.92 Å². The molecule has 0 amide bonds. The molecule has 6 heteroatoms. The highest BCUT2D eigenvalue weighted by atomic mass is 16.5. The monoisotopic (exact) mass is 324 g/mol. The Hall–Kier alpha value is -2.37. The third kappa shape index (κ3) is 11.9. The summed E-state index contributed by atoms with van der Waals surface area (Å²) in [5, 5.41) is 8.61. The third-order valence-electron chi connectivity index (χ3n) is 2.54. The minimum atomic E-state index is -0.989. The third-order valence-corrected chi connectivity index (χ3v) is 2.54. The lowest BCUT2D eigenvalue weighted by molar-refractivity contribution is -0.151. The van der Waals surface area contributed by atoms with Crippen LogP contribution in [0, 0.1) is 5.92 Å². The van der Waals surface area contributed by atoms with Gasteiger partial charge < -0.3 is 14.6 Å². The lowest BCUT2D eigenvalue weighted by Crippen LogP contribution is -2.17. The van der Waals surface area contributed by atoms with Crippen molar-refractivity contribution in [3.8, 4) is 0 Å². The number of esters is 1. The molecule has 0 saturated heterocycles. The molecule has 0 aliphatic carbocycles. The van der Waals surface area contributed by atoms with Gasteiger partial charge in [-0.2, -0.15) is 0 Å². The number of rotatable bonds is 6. The molecule has 1 atom stereocenters. The Bertz CT molecular complexity index is 490. The van der Waals surface area contributed by atoms with Crippen LogP contribution in [0.3, 0.4) is 0 Å². The van der Waals surface area contributed by atoms with Gasteiger partial charge in [0.05, 0.1) is 12.3 Å². The lowest BCUT2D eigenvalue weighted by atomic mass is 10.1. The average Bonchev–Trinajstić information content (AvgIpc) is 2.45. The average molecular weight is 324 g/mol. The highest BCUT2D eigenvalue weighted by Gasteiger charge is 2.16. The maximum atomic E-state index is 11.2. The standard InChI is InChI=1S/C12H14O4.C5H10O2/c1-9(12(14)15)7-11(13)16-8-10-5-3-2-4-6-10;1-5(2,3)7-4-6/h2-6,9H,7-8H2,1H3,(H,14,15);4H,1-3H3. The first kappa shape index (κ1) is 20.6. The van der Waals surface area contributed by atoms with E-state index < -0.39 is 17.9 Å². The second kappa shape index (κ2) is 10.4. The molecule has 1 rings (SSSR count). The molecule has 23 heavy (non-hydrogen) atoms. The van der Waals surface area contributed by atoms with Gasteiger partial charge >= 0.3 is 11.9 Å². The van der Waals surface area contributed by atoms with E-state index in [-0.39, 0.29) is 18.6 Å². The number of carbonyl (C=O) groups is 3. The lowest BCUT2D eigenvalue weighted by Gasteiger charge is -2.14. The van der Waals surface area contributed by atoms with Gasteiger partial charge in [0, 0.05) is 0 Å². The smallest absolute Gasteiger partial charge is 0.306 e. The van der Waals surface area contributed by atoms with Crippen LogP contribution >= 0.6 is 0 Å². The molecule has 0 aromatic heterocycles. The van der Waals surface area contributed by atoms with Crippen molar-refractivity contribution in [3.63, 3.8) is 0 Å². The normalized spacial score (nSPS) is 11.5. The molecule has 6 nitrogen and oxygen atoms in total. The largest absolute Gasteiger partial charge is 0.481 e. The number of carboxylic acids is 1. The van der Waals surface area contributed by atoms with Crippen molar-refractivity contribution in [1.29, 1.82) is 0 Å². The molecule has 1 N–H and O–H groups in total. The molecule has 1 unspecified atom stereocenters. The molecule has 0 aliphatic rings. The molecule has 1 aromatic carbocycles. The number of ether oxygens (including phenoxy) is 2. The van der Waals surface area contributed by atoms with Crippen LogP contribution in [0.4, 0.5) is 0 Å². The first-order valence-corrected chi connectivity index (χ1v) is 7.19. The highest BCUT2D eigenvalue weighted by molar-refractivity contribution is 5.78. The van der Waals surface area contributed by atoms with Crippen LogP contribution in [0.1, 0.15) is 39.7 Å². The Labute approximate surface area is 136 Å². The van der Waals surface area contributed by atoms with Crippen LogP contribution in [0.5, 0.6) is 0 Å². The molecule has 0 bridgehead atoms. The van der Waals surface area contributed by atoms with E-state index >= 15 is 0 Å². The first-order valence-electron chi connectivity index (χ1n) is 7.19. The zero-order valence-corrected chi connectivity index (χ0v) is 13.9. The molecule has 0 saturated carbocycles. The summed E-state index contributed by atoms with van der Waals surface area (Å²) in [6.07, 6.45) is -0.0951. The predicted molar refractivity (Wildman–Crippen MR) is 84.6 cm³/mol. The van der Waals surface area contributed by atoms with Crippen LogP contribution in [-0.2, 0) is 30.5 Å². The van der Waals surface area contributed by atoms with Gasteiger partial charge in [-0.05, 0) is 26.3 Å². The van der Waals surface area contributed by atoms with Crippen LogP contribution in [0.15, 0.2) is 30.3 Å². The van der Waals surface area contributed by atoms with Gasteiger partial charge in [0.15, 0.2) is 0 Å². The molecule has 1 aromatic rings. The van der Waals surface area contributed by atoms with E-state index in [0.717, 1.165) is 5.56 Å². The number of carboxylic acid groups (broad SMARTS) is 1. The molecule has 0 fully saturated rings. The Kier molecular flexibility index (Phi) is 9.30. The summed E-state index contributed by atoms with van der Waals surface area (Å²) in [4.78, 5) is 31.3. The van der Waals surface area contributed by atoms with Crippen molar-refractivity contribution < 1.29 is 29.0 Å². The van der Waals surface area contributed by atoms with E-state index in [4.69, 9.17) is 9.84 Å². The summed E-state index contributed by atoms with van der Waals surface area (Å²) in [5.74, 6) is -2.18. The first-order chi connectivity index (χ1) is 10.7. The van der Waals surface area contributed by atoms with Crippen molar-refractivity contribution in [2.75, 3.05) is 0 Å². The summed E-state index contributed by atoms with van der Waals surface area (Å²) in [7, 11) is 0. The SMILES string of the molecule is CC(C)(C)OC=O.CC(CC(=O)OCc1ccccc1)C(=O)O. The molecular weight excluding hydrogens is 300 g/mol. The zero-order valence-electron chi connectivity index (χ0n) is 13.9. The second-order valence-electron chi connectivity index (χ2n) is 5.92. The number of carbonyl (C=O) groups excluding carboxylic acids is 2. The Morgan fingerprint density at radius 3 is 2.17 bits per heavy atom. The minimum Gasteiger partial charge on any atom is -0.481 e. The van der Waals surface area contributed by atoms with Gasteiger partial charge in [-0.1, -0.05) is 37.3 Å². The van der Waals surface area contributed by atoms with E-state index in [1.165, 1.54) is 6.92 Å². The van der Waals surface area contributed by atoms with Crippen LogP contribution in [0.25, 0.3) is 0 Å². The molecular formula is C17H24O6. The maximum absolute atomic E-state index is 11.2. The maximum Gasteiger partial charge on any atom is 0.306 e. The van der Waals surface area contributed by atoms with Crippen molar-refractivity contribution >= 4 is 18.4 Å². The van der Waals surface area contributed by atoms with Gasteiger partial charge in [0.25, 0.3) is 6.47 Å². The number of hydrogen-bond donors (Lipinski definition) is 1. The van der Waals surface area contributed by atoms with Crippen LogP contribution in [0.2, 0.25) is 0 Å². The quantitative estimate of drug-likeness (QED) is 0.639. The Morgan fingerprint density at radius 1 is 1.22 bits per heavy atom. The van der Waals surface area contributed by atoms with Gasteiger partial charge in [-0.25, -0.2) is 0 Å². The molecule has 0 spiro atoms. The summed E-state index contributed by atoms with van der Waals surface area (Å²) in [6.45, 7) is 7.59. The molecule has 0 radical (unpaired) electrons. The zero-order chi connectivity index (χ0) is 17.9. The Balaban J connectivity index is 0.000000585.